The molecule has 2 heterocycles. The number of oxazole rings is 1. The number of carbonyl (C=O) groups is 1. The Morgan fingerprint density at radius 2 is 1.70 bits per heavy atom. The summed E-state index contributed by atoms with van der Waals surface area (Å²) < 4.78 is 40.2. The minimum absolute atomic E-state index is 0.215. The van der Waals surface area contributed by atoms with Crippen molar-refractivity contribution in [1.82, 2.24) is 14.7 Å². The molecule has 1 saturated heterocycles. The smallest absolute Gasteiger partial charge is 0.257 e. The predicted octanol–water partition coefficient (Wildman–Crippen LogP) is 6.22. The van der Waals surface area contributed by atoms with Crippen LogP contribution >= 0.6 is 11.8 Å². The highest BCUT2D eigenvalue weighted by Gasteiger charge is 2.34. The van der Waals surface area contributed by atoms with Crippen LogP contribution in [0.3, 0.4) is 0 Å². The van der Waals surface area contributed by atoms with Gasteiger partial charge in [0.2, 0.25) is 15.9 Å². The number of nitrogens with zero attached hydrogens (tertiary/aromatic N) is 3. The summed E-state index contributed by atoms with van der Waals surface area (Å²) in [6.07, 6.45) is 2.46. The monoisotopic (exact) mass is 634 g/mol. The van der Waals surface area contributed by atoms with E-state index in [9.17, 15) is 13.2 Å². The number of methoxy groups -OCH3 is 1. The molecule has 9 nitrogen and oxygen atoms in total. The number of hydrogen-bond donors (Lipinski definition) is 1. The van der Waals surface area contributed by atoms with Crippen LogP contribution in [0.25, 0.3) is 11.1 Å². The van der Waals surface area contributed by atoms with Crippen LogP contribution in [0.15, 0.2) is 62.1 Å². The molecule has 5 rings (SSSR count). The van der Waals surface area contributed by atoms with Crippen molar-refractivity contribution >= 4 is 45.0 Å². The van der Waals surface area contributed by atoms with Crippen LogP contribution in [0.4, 0.5) is 0 Å². The number of sulfonamides is 1. The number of benzene rings is 3. The highest BCUT2D eigenvalue weighted by atomic mass is 32.2. The quantitative estimate of drug-likeness (QED) is 0.132. The summed E-state index contributed by atoms with van der Waals surface area (Å²) in [6.45, 7) is 10.3. The van der Waals surface area contributed by atoms with Gasteiger partial charge in [0.05, 0.1) is 18.2 Å². The van der Waals surface area contributed by atoms with Crippen molar-refractivity contribution in [3.8, 4) is 5.75 Å². The summed E-state index contributed by atoms with van der Waals surface area (Å²) in [5.74, 6) is 0.777. The molecule has 11 heteroatoms. The normalized spacial score (nSPS) is 14.9. The number of hydrazone groups is 1. The molecule has 4 aromatic rings. The number of rotatable bonds is 9. The Bertz CT molecular complexity index is 1780. The van der Waals surface area contributed by atoms with E-state index >= 15 is 0 Å². The topological polar surface area (TPSA) is 114 Å². The van der Waals surface area contributed by atoms with Crippen molar-refractivity contribution in [2.75, 3.05) is 20.2 Å². The van der Waals surface area contributed by atoms with Crippen LogP contribution in [-0.2, 0) is 20.6 Å². The fourth-order valence-electron chi connectivity index (χ4n) is 5.65. The highest BCUT2D eigenvalue weighted by Crippen LogP contribution is 2.34. The standard InChI is InChI=1S/C33H38N4O5S2/c1-20-21(2)23(4)31(24(5)22(20)3)44(39,40)37-15-13-26(14-16-37)32(38)36-34-18-25-11-12-29(41-6)27(17-25)19-43-33-35-28-9-7-8-10-30(28)42-33/h7-12,17-18,26H,13-16,19H2,1-6H3,(H,36,38). The van der Waals surface area contributed by atoms with Crippen molar-refractivity contribution in [2.24, 2.45) is 11.0 Å². The van der Waals surface area contributed by atoms with Gasteiger partial charge in [-0.15, -0.1) is 0 Å². The van der Waals surface area contributed by atoms with Crippen LogP contribution in [0.2, 0.25) is 0 Å². The maximum atomic E-state index is 13.7. The fraction of sp³-hybridized carbons (Fsp3) is 0.364. The van der Waals surface area contributed by atoms with Gasteiger partial charge in [0.15, 0.2) is 5.58 Å². The number of fused-ring (bicyclic) bond motifs is 1. The number of hydrogen-bond acceptors (Lipinski definition) is 8. The average Bonchev–Trinajstić information content (AvgIpc) is 3.45. The third kappa shape index (κ3) is 6.40. The lowest BCUT2D eigenvalue weighted by Crippen LogP contribution is -2.42. The molecule has 1 N–H and O–H groups in total. The summed E-state index contributed by atoms with van der Waals surface area (Å²) in [7, 11) is -2.05. The van der Waals surface area contributed by atoms with E-state index in [-0.39, 0.29) is 24.9 Å². The predicted molar refractivity (Wildman–Crippen MR) is 174 cm³/mol. The molecule has 1 aliphatic rings. The number of nitrogens with one attached hydrogen (secondary N) is 1. The molecule has 0 spiro atoms. The third-order valence-corrected chi connectivity index (χ3v) is 11.7. The molecule has 0 radical (unpaired) electrons. The summed E-state index contributed by atoms with van der Waals surface area (Å²) in [5, 5.41) is 4.77. The Labute approximate surface area is 263 Å². The van der Waals surface area contributed by atoms with Crippen molar-refractivity contribution in [3.63, 3.8) is 0 Å². The van der Waals surface area contributed by atoms with Gasteiger partial charge >= 0.3 is 0 Å². The van der Waals surface area contributed by atoms with Crippen molar-refractivity contribution < 1.29 is 22.4 Å². The van der Waals surface area contributed by atoms with Gasteiger partial charge in [0, 0.05) is 30.3 Å². The lowest BCUT2D eigenvalue weighted by molar-refractivity contribution is -0.126. The van der Waals surface area contributed by atoms with E-state index in [1.807, 2.05) is 77.1 Å². The fourth-order valence-corrected chi connectivity index (χ4v) is 8.49. The molecular formula is C33H38N4O5S2. The first kappa shape index (κ1) is 31.7. The van der Waals surface area contributed by atoms with Crippen LogP contribution in [0.5, 0.6) is 5.75 Å². The number of aromatic nitrogens is 1. The van der Waals surface area contributed by atoms with Gasteiger partial charge in [-0.05, 0) is 111 Å². The van der Waals surface area contributed by atoms with Crippen LogP contribution < -0.4 is 10.2 Å². The summed E-state index contributed by atoms with van der Waals surface area (Å²) in [6, 6.07) is 13.3. The summed E-state index contributed by atoms with van der Waals surface area (Å²) in [5.41, 5.74) is 10.7. The summed E-state index contributed by atoms with van der Waals surface area (Å²) in [4.78, 5) is 17.8. The molecule has 44 heavy (non-hydrogen) atoms. The van der Waals surface area contributed by atoms with E-state index in [0.29, 0.717) is 28.7 Å². The van der Waals surface area contributed by atoms with Gasteiger partial charge in [-0.3, -0.25) is 4.79 Å². The van der Waals surface area contributed by atoms with E-state index in [4.69, 9.17) is 9.15 Å². The number of para-hydroxylation sites is 2. The second-order valence-electron chi connectivity index (χ2n) is 11.2. The maximum absolute atomic E-state index is 13.7. The van der Waals surface area contributed by atoms with Crippen molar-refractivity contribution in [3.05, 3.63) is 81.4 Å². The molecule has 232 valence electrons. The summed E-state index contributed by atoms with van der Waals surface area (Å²) >= 11 is 1.47. The van der Waals surface area contributed by atoms with Gasteiger partial charge in [0.25, 0.3) is 5.22 Å². The Morgan fingerprint density at radius 1 is 1.05 bits per heavy atom. The van der Waals surface area contributed by atoms with Gasteiger partial charge in [0.1, 0.15) is 11.3 Å². The van der Waals surface area contributed by atoms with Gasteiger partial charge in [-0.1, -0.05) is 23.9 Å². The van der Waals surface area contributed by atoms with Gasteiger partial charge in [-0.25, -0.2) is 18.8 Å². The van der Waals surface area contributed by atoms with E-state index in [1.165, 1.54) is 16.1 Å². The number of piperidine rings is 1. The average molecular weight is 635 g/mol. The Hall–Kier alpha value is -3.67. The maximum Gasteiger partial charge on any atom is 0.257 e. The first-order valence-electron chi connectivity index (χ1n) is 14.6. The van der Waals surface area contributed by atoms with E-state index in [0.717, 1.165) is 55.8 Å². The number of carbonyl (C=O) groups excluding carboxylic acids is 1. The minimum atomic E-state index is -3.68. The lowest BCUT2D eigenvalue weighted by atomic mass is 9.95. The Balaban J connectivity index is 1.18. The highest BCUT2D eigenvalue weighted by molar-refractivity contribution is 7.98. The molecule has 3 aromatic carbocycles. The molecule has 0 unspecified atom stereocenters. The Morgan fingerprint density at radius 3 is 2.36 bits per heavy atom. The molecule has 1 amide bonds. The zero-order valence-corrected chi connectivity index (χ0v) is 27.6. The Kier molecular flexibility index (Phi) is 9.48. The van der Waals surface area contributed by atoms with E-state index < -0.39 is 10.0 Å². The molecule has 0 saturated carbocycles. The lowest BCUT2D eigenvalue weighted by Gasteiger charge is -2.31. The van der Waals surface area contributed by atoms with Crippen molar-refractivity contribution in [1.29, 1.82) is 0 Å². The second-order valence-corrected chi connectivity index (χ2v) is 14.0. The van der Waals surface area contributed by atoms with Gasteiger partial charge < -0.3 is 9.15 Å². The molecule has 0 bridgehead atoms. The largest absolute Gasteiger partial charge is 0.496 e. The first-order chi connectivity index (χ1) is 21.0. The second kappa shape index (κ2) is 13.1. The molecule has 0 aliphatic carbocycles. The molecular weight excluding hydrogens is 597 g/mol. The van der Waals surface area contributed by atoms with E-state index in [1.54, 1.807) is 13.3 Å². The minimum Gasteiger partial charge on any atom is -0.496 e. The van der Waals surface area contributed by atoms with Crippen LogP contribution in [-0.4, -0.2) is 50.0 Å². The van der Waals surface area contributed by atoms with Crippen molar-refractivity contribution in [2.45, 2.75) is 63.3 Å². The third-order valence-electron chi connectivity index (χ3n) is 8.67. The number of amides is 1. The molecule has 1 aromatic heterocycles. The van der Waals surface area contributed by atoms with Crippen LogP contribution in [0.1, 0.15) is 51.8 Å². The first-order valence-corrected chi connectivity index (χ1v) is 17.0. The molecule has 1 aliphatic heterocycles. The molecule has 1 fully saturated rings. The molecule has 0 atom stereocenters. The number of ether oxygens (including phenoxy) is 1. The number of thioether (sulfide) groups is 1. The van der Waals surface area contributed by atoms with Gasteiger partial charge in [-0.2, -0.15) is 9.41 Å². The van der Waals surface area contributed by atoms with Crippen LogP contribution in [0, 0.1) is 40.5 Å². The van der Waals surface area contributed by atoms with E-state index in [2.05, 4.69) is 15.5 Å². The SMILES string of the molecule is COc1ccc(C=NNC(=O)C2CCN(S(=O)(=O)c3c(C)c(C)c(C)c(C)c3C)CC2)cc1CSc1nc2ccccc2o1. The zero-order valence-electron chi connectivity index (χ0n) is 25.9. The zero-order chi connectivity index (χ0) is 31.6.